The van der Waals surface area contributed by atoms with E-state index < -0.39 is 0 Å². The Hall–Kier alpha value is -4.40. The third kappa shape index (κ3) is 5.09. The first kappa shape index (κ1) is 21.8. The topological polar surface area (TPSA) is 106 Å². The number of ether oxygens (including phenoxy) is 1. The van der Waals surface area contributed by atoms with E-state index in [1.54, 1.807) is 48.2 Å². The summed E-state index contributed by atoms with van der Waals surface area (Å²) in [5.74, 6) is 2.00. The van der Waals surface area contributed by atoms with Crippen LogP contribution in [0.5, 0.6) is 5.75 Å². The Morgan fingerprint density at radius 2 is 1.42 bits per heavy atom. The van der Waals surface area contributed by atoms with Gasteiger partial charge < -0.3 is 20.7 Å². The van der Waals surface area contributed by atoms with Crippen LogP contribution in [0.25, 0.3) is 5.82 Å². The molecule has 33 heavy (non-hydrogen) atoms. The van der Waals surface area contributed by atoms with Crippen LogP contribution in [0.3, 0.4) is 0 Å². The smallest absolute Gasteiger partial charge is 0.323 e. The second kappa shape index (κ2) is 9.39. The zero-order valence-electron chi connectivity index (χ0n) is 18.9. The maximum absolute atomic E-state index is 12.2. The molecular weight excluding hydrogens is 418 g/mol. The monoisotopic (exact) mass is 443 g/mol. The van der Waals surface area contributed by atoms with Gasteiger partial charge in [-0.25, -0.2) is 9.48 Å². The van der Waals surface area contributed by atoms with E-state index in [0.717, 1.165) is 28.4 Å². The number of amides is 2. The molecule has 0 aliphatic heterocycles. The summed E-state index contributed by atoms with van der Waals surface area (Å²) in [4.78, 5) is 12.2. The molecule has 0 fully saturated rings. The van der Waals surface area contributed by atoms with Crippen LogP contribution >= 0.6 is 0 Å². The average molecular weight is 444 g/mol. The fourth-order valence-electron chi connectivity index (χ4n) is 3.20. The Balaban J connectivity index is 1.35. The molecular formula is C24H25N7O2. The van der Waals surface area contributed by atoms with E-state index in [1.165, 1.54) is 0 Å². The fourth-order valence-corrected chi connectivity index (χ4v) is 3.20. The zero-order chi connectivity index (χ0) is 23.4. The molecule has 9 heteroatoms. The van der Waals surface area contributed by atoms with Crippen molar-refractivity contribution < 1.29 is 9.53 Å². The van der Waals surface area contributed by atoms with Crippen LogP contribution < -0.4 is 20.7 Å². The Kier molecular flexibility index (Phi) is 6.21. The summed E-state index contributed by atoms with van der Waals surface area (Å²) < 4.78 is 6.90. The van der Waals surface area contributed by atoms with E-state index in [0.29, 0.717) is 23.0 Å². The number of nitrogens with one attached hydrogen (secondary N) is 3. The largest absolute Gasteiger partial charge is 0.497 e. The summed E-state index contributed by atoms with van der Waals surface area (Å²) in [6.07, 6.45) is 0. The lowest BCUT2D eigenvalue weighted by atomic mass is 10.2. The van der Waals surface area contributed by atoms with Gasteiger partial charge in [-0.15, -0.1) is 10.2 Å². The van der Waals surface area contributed by atoms with Gasteiger partial charge in [-0.05, 0) is 87.0 Å². The molecule has 4 rings (SSSR count). The van der Waals surface area contributed by atoms with Gasteiger partial charge in [0.25, 0.3) is 0 Å². The molecule has 2 amide bonds. The van der Waals surface area contributed by atoms with Crippen molar-refractivity contribution in [3.05, 3.63) is 77.6 Å². The van der Waals surface area contributed by atoms with Crippen LogP contribution in [0.4, 0.5) is 27.7 Å². The highest BCUT2D eigenvalue weighted by Gasteiger charge is 2.10. The summed E-state index contributed by atoms with van der Waals surface area (Å²) >= 11 is 0. The normalized spacial score (nSPS) is 10.5. The van der Waals surface area contributed by atoms with Crippen molar-refractivity contribution in [2.45, 2.75) is 20.8 Å². The van der Waals surface area contributed by atoms with E-state index in [9.17, 15) is 4.79 Å². The van der Waals surface area contributed by atoms with Crippen molar-refractivity contribution in [1.82, 2.24) is 20.0 Å². The Morgan fingerprint density at radius 1 is 0.818 bits per heavy atom. The number of anilines is 4. The number of methoxy groups -OCH3 is 1. The van der Waals surface area contributed by atoms with Gasteiger partial charge in [0.05, 0.1) is 12.8 Å². The van der Waals surface area contributed by atoms with Gasteiger partial charge in [0, 0.05) is 22.8 Å². The minimum absolute atomic E-state index is 0.332. The van der Waals surface area contributed by atoms with Crippen molar-refractivity contribution in [1.29, 1.82) is 0 Å². The molecule has 168 valence electrons. The number of hydrogen-bond acceptors (Lipinski definition) is 6. The fraction of sp³-hybridized carbons (Fsp3) is 0.167. The summed E-state index contributed by atoms with van der Waals surface area (Å²) in [6, 6.07) is 17.8. The van der Waals surface area contributed by atoms with E-state index >= 15 is 0 Å². The Bertz CT molecular complexity index is 1250. The van der Waals surface area contributed by atoms with Gasteiger partial charge in [0.15, 0.2) is 11.6 Å². The number of hydrogen-bond donors (Lipinski definition) is 3. The molecule has 0 bridgehead atoms. The molecule has 0 saturated carbocycles. The molecule has 0 aliphatic rings. The first-order valence-corrected chi connectivity index (χ1v) is 10.4. The van der Waals surface area contributed by atoms with Gasteiger partial charge in [-0.2, -0.15) is 5.10 Å². The van der Waals surface area contributed by atoms with E-state index in [-0.39, 0.29) is 6.03 Å². The average Bonchev–Trinajstić information content (AvgIpc) is 3.08. The van der Waals surface area contributed by atoms with E-state index in [2.05, 4.69) is 31.2 Å². The summed E-state index contributed by atoms with van der Waals surface area (Å²) in [5.41, 5.74) is 5.31. The summed E-state index contributed by atoms with van der Waals surface area (Å²) in [6.45, 7) is 6.03. The number of carbonyl (C=O) groups excluding carboxylic acids is 1. The number of benzene rings is 2. The molecule has 0 aliphatic carbocycles. The lowest BCUT2D eigenvalue weighted by molar-refractivity contribution is 0.262. The van der Waals surface area contributed by atoms with Gasteiger partial charge in [0.1, 0.15) is 5.75 Å². The van der Waals surface area contributed by atoms with Gasteiger partial charge in [0.2, 0.25) is 0 Å². The second-order valence-electron chi connectivity index (χ2n) is 7.49. The summed E-state index contributed by atoms with van der Waals surface area (Å²) in [7, 11) is 1.60. The predicted molar refractivity (Wildman–Crippen MR) is 129 cm³/mol. The van der Waals surface area contributed by atoms with Crippen molar-refractivity contribution in [3.8, 4) is 11.6 Å². The minimum Gasteiger partial charge on any atom is -0.497 e. The molecule has 0 saturated heterocycles. The molecule has 2 aromatic heterocycles. The van der Waals surface area contributed by atoms with Crippen LogP contribution in [-0.4, -0.2) is 33.1 Å². The molecule has 4 aromatic rings. The molecule has 0 atom stereocenters. The standard InChI is InChI=1S/C24H25N7O2/c1-15-16(2)30-31(17(15)3)23-14-13-22(28-29-23)25-18-5-7-19(8-6-18)26-24(32)27-20-9-11-21(33-4)12-10-20/h5-14H,1-4H3,(H,25,28)(H2,26,27,32). The van der Waals surface area contributed by atoms with Crippen molar-refractivity contribution in [2.75, 3.05) is 23.1 Å². The van der Waals surface area contributed by atoms with Crippen LogP contribution in [0.1, 0.15) is 17.0 Å². The van der Waals surface area contributed by atoms with E-state index in [1.807, 2.05) is 45.0 Å². The number of carbonyl (C=O) groups is 1. The molecule has 3 N–H and O–H groups in total. The molecule has 2 aromatic carbocycles. The van der Waals surface area contributed by atoms with Crippen molar-refractivity contribution in [2.24, 2.45) is 0 Å². The van der Waals surface area contributed by atoms with Gasteiger partial charge >= 0.3 is 6.03 Å². The molecule has 0 radical (unpaired) electrons. The molecule has 0 spiro atoms. The third-order valence-electron chi connectivity index (χ3n) is 5.28. The maximum Gasteiger partial charge on any atom is 0.323 e. The number of nitrogens with zero attached hydrogens (tertiary/aromatic N) is 4. The number of aryl methyl sites for hydroxylation is 1. The van der Waals surface area contributed by atoms with Gasteiger partial charge in [-0.1, -0.05) is 0 Å². The second-order valence-corrected chi connectivity index (χ2v) is 7.49. The first-order chi connectivity index (χ1) is 15.9. The molecule has 2 heterocycles. The molecule has 9 nitrogen and oxygen atoms in total. The van der Waals surface area contributed by atoms with Crippen LogP contribution in [0.2, 0.25) is 0 Å². The number of aromatic nitrogens is 4. The van der Waals surface area contributed by atoms with Crippen LogP contribution in [-0.2, 0) is 0 Å². The SMILES string of the molecule is COc1ccc(NC(=O)Nc2ccc(Nc3ccc(-n4nc(C)c(C)c4C)nn3)cc2)cc1. The van der Waals surface area contributed by atoms with Crippen molar-refractivity contribution in [3.63, 3.8) is 0 Å². The number of urea groups is 1. The first-order valence-electron chi connectivity index (χ1n) is 10.4. The predicted octanol–water partition coefficient (Wildman–Crippen LogP) is 4.98. The highest BCUT2D eigenvalue weighted by molar-refractivity contribution is 5.99. The Labute approximate surface area is 191 Å². The third-order valence-corrected chi connectivity index (χ3v) is 5.28. The zero-order valence-corrected chi connectivity index (χ0v) is 18.9. The van der Waals surface area contributed by atoms with Crippen LogP contribution in [0, 0.1) is 20.8 Å². The van der Waals surface area contributed by atoms with Gasteiger partial charge in [-0.3, -0.25) is 0 Å². The summed E-state index contributed by atoms with van der Waals surface area (Å²) in [5, 5.41) is 21.8. The Morgan fingerprint density at radius 3 is 1.94 bits per heavy atom. The number of rotatable bonds is 6. The highest BCUT2D eigenvalue weighted by Crippen LogP contribution is 2.20. The lowest BCUT2D eigenvalue weighted by Crippen LogP contribution is -2.19. The minimum atomic E-state index is -0.332. The molecule has 0 unspecified atom stereocenters. The van der Waals surface area contributed by atoms with Crippen LogP contribution in [0.15, 0.2) is 60.7 Å². The maximum atomic E-state index is 12.2. The quantitative estimate of drug-likeness (QED) is 0.388. The highest BCUT2D eigenvalue weighted by atomic mass is 16.5. The lowest BCUT2D eigenvalue weighted by Gasteiger charge is -2.10. The van der Waals surface area contributed by atoms with E-state index in [4.69, 9.17) is 4.74 Å². The van der Waals surface area contributed by atoms with Crippen molar-refractivity contribution >= 4 is 28.9 Å².